The number of aromatic nitrogens is 2. The minimum absolute atomic E-state index is 0.114. The van der Waals surface area contributed by atoms with Crippen LogP contribution in [0.4, 0.5) is 0 Å². The van der Waals surface area contributed by atoms with Crippen LogP contribution in [0, 0.1) is 0 Å². The van der Waals surface area contributed by atoms with Crippen molar-refractivity contribution in [1.29, 1.82) is 0 Å². The molecular formula is C26H20BrN3O. The van der Waals surface area contributed by atoms with Crippen LogP contribution in [0.2, 0.25) is 0 Å². The van der Waals surface area contributed by atoms with E-state index in [1.165, 1.54) is 16.3 Å². The lowest BCUT2D eigenvalue weighted by molar-refractivity contribution is 0.0949. The van der Waals surface area contributed by atoms with Gasteiger partial charge in [-0.15, -0.1) is 0 Å². The Hall–Kier alpha value is -3.44. The third-order valence-corrected chi connectivity index (χ3v) is 5.93. The van der Waals surface area contributed by atoms with E-state index in [4.69, 9.17) is 4.98 Å². The van der Waals surface area contributed by atoms with Gasteiger partial charge in [0.2, 0.25) is 0 Å². The highest BCUT2D eigenvalue weighted by atomic mass is 79.9. The lowest BCUT2D eigenvalue weighted by atomic mass is 10.1. The topological polar surface area (TPSA) is 46.9 Å². The van der Waals surface area contributed by atoms with Gasteiger partial charge >= 0.3 is 0 Å². The molecular weight excluding hydrogens is 450 g/mol. The number of carbonyl (C=O) groups is 1. The number of benzene rings is 4. The molecule has 0 bridgehead atoms. The minimum Gasteiger partial charge on any atom is -0.345 e. The van der Waals surface area contributed by atoms with Crippen molar-refractivity contribution < 1.29 is 4.79 Å². The van der Waals surface area contributed by atoms with Gasteiger partial charge in [0.15, 0.2) is 0 Å². The number of fused-ring (bicyclic) bond motifs is 2. The Labute approximate surface area is 188 Å². The van der Waals surface area contributed by atoms with Gasteiger partial charge in [-0.2, -0.15) is 0 Å². The Morgan fingerprint density at radius 3 is 2.45 bits per heavy atom. The van der Waals surface area contributed by atoms with Crippen molar-refractivity contribution in [2.45, 2.75) is 13.1 Å². The molecule has 1 N–H and O–H groups in total. The Kier molecular flexibility index (Phi) is 5.26. The Morgan fingerprint density at radius 1 is 0.871 bits per heavy atom. The molecule has 0 unspecified atom stereocenters. The van der Waals surface area contributed by atoms with Gasteiger partial charge in [0, 0.05) is 16.6 Å². The maximum Gasteiger partial charge on any atom is 0.251 e. The van der Waals surface area contributed by atoms with Crippen LogP contribution in [0.15, 0.2) is 95.5 Å². The highest BCUT2D eigenvalue weighted by molar-refractivity contribution is 9.10. The van der Waals surface area contributed by atoms with Crippen molar-refractivity contribution in [1.82, 2.24) is 14.9 Å². The fourth-order valence-electron chi connectivity index (χ4n) is 3.82. The number of hydrogen-bond donors (Lipinski definition) is 1. The van der Waals surface area contributed by atoms with Gasteiger partial charge in [0.05, 0.1) is 17.6 Å². The van der Waals surface area contributed by atoms with Crippen molar-refractivity contribution in [3.63, 3.8) is 0 Å². The third-order valence-electron chi connectivity index (χ3n) is 5.40. The predicted molar refractivity (Wildman–Crippen MR) is 128 cm³/mol. The number of imidazole rings is 1. The van der Waals surface area contributed by atoms with Crippen LogP contribution in [0.25, 0.3) is 21.8 Å². The molecule has 152 valence electrons. The smallest absolute Gasteiger partial charge is 0.251 e. The van der Waals surface area contributed by atoms with E-state index in [1.807, 2.05) is 30.3 Å². The van der Waals surface area contributed by atoms with Crippen LogP contribution >= 0.6 is 15.9 Å². The van der Waals surface area contributed by atoms with Crippen molar-refractivity contribution >= 4 is 43.6 Å². The van der Waals surface area contributed by atoms with E-state index in [0.717, 1.165) is 21.3 Å². The normalized spacial score (nSPS) is 11.1. The van der Waals surface area contributed by atoms with E-state index in [-0.39, 0.29) is 5.91 Å². The summed E-state index contributed by atoms with van der Waals surface area (Å²) in [5, 5.41) is 5.46. The second kappa shape index (κ2) is 8.36. The highest BCUT2D eigenvalue weighted by Crippen LogP contribution is 2.21. The molecule has 0 fully saturated rings. The van der Waals surface area contributed by atoms with Crippen LogP contribution in [-0.2, 0) is 13.1 Å². The quantitative estimate of drug-likeness (QED) is 0.346. The van der Waals surface area contributed by atoms with Crippen molar-refractivity contribution in [2.24, 2.45) is 0 Å². The maximum absolute atomic E-state index is 12.6. The van der Waals surface area contributed by atoms with E-state index in [2.05, 4.69) is 74.3 Å². The molecule has 5 aromatic rings. The van der Waals surface area contributed by atoms with Crippen LogP contribution < -0.4 is 5.32 Å². The van der Waals surface area contributed by atoms with Gasteiger partial charge in [-0.05, 0) is 58.8 Å². The Balaban J connectivity index is 1.44. The van der Waals surface area contributed by atoms with Crippen LogP contribution in [0.1, 0.15) is 21.7 Å². The maximum atomic E-state index is 12.6. The fourth-order valence-corrected chi connectivity index (χ4v) is 4.08. The summed E-state index contributed by atoms with van der Waals surface area (Å²) in [5.41, 5.74) is 3.81. The monoisotopic (exact) mass is 469 g/mol. The first-order chi connectivity index (χ1) is 15.2. The molecule has 0 saturated carbocycles. The summed E-state index contributed by atoms with van der Waals surface area (Å²) in [5.74, 6) is 0.719. The average molecular weight is 470 g/mol. The number of carbonyl (C=O) groups excluding carboxylic acids is 1. The number of para-hydroxylation sites is 2. The SMILES string of the molecule is O=C(NCc1nc2ccccc2n1Cc1ccc2ccccc2c1)c1ccc(Br)cc1. The van der Waals surface area contributed by atoms with E-state index < -0.39 is 0 Å². The predicted octanol–water partition coefficient (Wildman–Crippen LogP) is 5.93. The number of hydrogen-bond acceptors (Lipinski definition) is 2. The van der Waals surface area contributed by atoms with E-state index in [0.29, 0.717) is 18.7 Å². The second-order valence-corrected chi connectivity index (χ2v) is 8.39. The van der Waals surface area contributed by atoms with Gasteiger partial charge in [0.25, 0.3) is 5.91 Å². The summed E-state index contributed by atoms with van der Waals surface area (Å²) in [6.45, 7) is 1.05. The molecule has 1 aromatic heterocycles. The van der Waals surface area contributed by atoms with Crippen LogP contribution in [0.3, 0.4) is 0 Å². The summed E-state index contributed by atoms with van der Waals surface area (Å²) < 4.78 is 3.13. The molecule has 4 nitrogen and oxygen atoms in total. The molecule has 0 aliphatic heterocycles. The minimum atomic E-state index is -0.114. The van der Waals surface area contributed by atoms with Gasteiger partial charge in [-0.3, -0.25) is 4.79 Å². The van der Waals surface area contributed by atoms with Gasteiger partial charge in [-0.25, -0.2) is 4.98 Å². The lowest BCUT2D eigenvalue weighted by Crippen LogP contribution is -2.24. The first-order valence-corrected chi connectivity index (χ1v) is 10.9. The van der Waals surface area contributed by atoms with E-state index in [9.17, 15) is 4.79 Å². The molecule has 5 heteroatoms. The summed E-state index contributed by atoms with van der Waals surface area (Å²) in [4.78, 5) is 17.4. The molecule has 0 radical (unpaired) electrons. The number of rotatable bonds is 5. The fraction of sp³-hybridized carbons (Fsp3) is 0.0769. The molecule has 0 aliphatic carbocycles. The number of nitrogens with zero attached hydrogens (tertiary/aromatic N) is 2. The summed E-state index contributed by atoms with van der Waals surface area (Å²) in [7, 11) is 0. The van der Waals surface area contributed by atoms with E-state index in [1.54, 1.807) is 12.1 Å². The molecule has 0 atom stereocenters. The standard InChI is InChI=1S/C26H20BrN3O/c27-22-13-11-20(12-14-22)26(31)28-16-25-29-23-7-3-4-8-24(23)30(25)17-18-9-10-19-5-1-2-6-21(19)15-18/h1-15H,16-17H2,(H,28,31). The summed E-state index contributed by atoms with van der Waals surface area (Å²) in [6.07, 6.45) is 0. The lowest BCUT2D eigenvalue weighted by Gasteiger charge is -2.11. The van der Waals surface area contributed by atoms with Crippen LogP contribution in [0.5, 0.6) is 0 Å². The molecule has 0 aliphatic rings. The Morgan fingerprint density at radius 2 is 1.61 bits per heavy atom. The average Bonchev–Trinajstić information content (AvgIpc) is 3.15. The number of nitrogens with one attached hydrogen (secondary N) is 1. The second-order valence-electron chi connectivity index (χ2n) is 7.47. The van der Waals surface area contributed by atoms with Gasteiger partial charge < -0.3 is 9.88 Å². The van der Waals surface area contributed by atoms with Crippen LogP contribution in [-0.4, -0.2) is 15.5 Å². The number of halogens is 1. The molecule has 0 spiro atoms. The van der Waals surface area contributed by atoms with Gasteiger partial charge in [-0.1, -0.05) is 64.5 Å². The van der Waals surface area contributed by atoms with Crippen molar-refractivity contribution in [3.05, 3.63) is 112 Å². The molecule has 1 heterocycles. The molecule has 5 rings (SSSR count). The summed E-state index contributed by atoms with van der Waals surface area (Å²) >= 11 is 3.40. The largest absolute Gasteiger partial charge is 0.345 e. The van der Waals surface area contributed by atoms with E-state index >= 15 is 0 Å². The molecule has 1 amide bonds. The molecule has 4 aromatic carbocycles. The molecule has 31 heavy (non-hydrogen) atoms. The van der Waals surface area contributed by atoms with Crippen molar-refractivity contribution in [3.8, 4) is 0 Å². The highest BCUT2D eigenvalue weighted by Gasteiger charge is 2.13. The third kappa shape index (κ3) is 4.09. The zero-order chi connectivity index (χ0) is 21.2. The van der Waals surface area contributed by atoms with Gasteiger partial charge in [0.1, 0.15) is 5.82 Å². The zero-order valence-electron chi connectivity index (χ0n) is 16.8. The first kappa shape index (κ1) is 19.5. The molecule has 0 saturated heterocycles. The Bertz CT molecular complexity index is 1390. The summed E-state index contributed by atoms with van der Waals surface area (Å²) in [6, 6.07) is 30.3. The van der Waals surface area contributed by atoms with Crippen molar-refractivity contribution in [2.75, 3.05) is 0 Å². The number of amides is 1. The first-order valence-electron chi connectivity index (χ1n) is 10.1. The zero-order valence-corrected chi connectivity index (χ0v) is 18.3.